The zero-order valence-corrected chi connectivity index (χ0v) is 7.45. The minimum atomic E-state index is -1.19. The lowest BCUT2D eigenvalue weighted by Crippen LogP contribution is -2.16. The van der Waals surface area contributed by atoms with Crippen molar-refractivity contribution in [3.8, 4) is 0 Å². The molecule has 0 atom stereocenters. The summed E-state index contributed by atoms with van der Waals surface area (Å²) < 4.78 is 13.3. The van der Waals surface area contributed by atoms with E-state index in [1.165, 1.54) is 18.2 Å². The van der Waals surface area contributed by atoms with E-state index < -0.39 is 11.9 Å². The minimum Gasteiger partial charge on any atom is -0.464 e. The molecule has 0 heterocycles. The number of carboxylic acid groups (broad SMARTS) is 1. The first-order valence-corrected chi connectivity index (χ1v) is 3.76. The van der Waals surface area contributed by atoms with E-state index in [1.807, 2.05) is 0 Å². The molecule has 0 saturated heterocycles. The number of amides is 1. The highest BCUT2D eigenvalue weighted by Gasteiger charge is 2.10. The number of nitrogens with zero attached hydrogens (tertiary/aromatic N) is 1. The third-order valence-corrected chi connectivity index (χ3v) is 1.92. The van der Waals surface area contributed by atoms with Crippen LogP contribution in [-0.4, -0.2) is 11.2 Å². The quantitative estimate of drug-likeness (QED) is 0.758. The molecule has 1 amide bonds. The third kappa shape index (κ3) is 1.94. The van der Waals surface area contributed by atoms with Crippen LogP contribution in [0.25, 0.3) is 0 Å². The summed E-state index contributed by atoms with van der Waals surface area (Å²) in [6, 6.07) is 5.27. The van der Waals surface area contributed by atoms with Gasteiger partial charge < -0.3 is 5.11 Å². The van der Waals surface area contributed by atoms with E-state index in [9.17, 15) is 9.18 Å². The maximum absolute atomic E-state index is 12.6. The molecule has 0 spiro atoms. The smallest absolute Gasteiger partial charge is 0.422 e. The molecule has 1 aromatic rings. The van der Waals surface area contributed by atoms with Gasteiger partial charge in [0.25, 0.3) is 0 Å². The van der Waals surface area contributed by atoms with Crippen molar-refractivity contribution >= 4 is 27.9 Å². The van der Waals surface area contributed by atoms with Crippen molar-refractivity contribution in [3.63, 3.8) is 0 Å². The van der Waals surface area contributed by atoms with Crippen LogP contribution >= 0.6 is 16.1 Å². The Labute approximate surface area is 76.8 Å². The zero-order valence-electron chi connectivity index (χ0n) is 5.87. The molecule has 0 saturated carbocycles. The Hall–Kier alpha value is -1.10. The summed E-state index contributed by atoms with van der Waals surface area (Å²) in [5.41, 5.74) is 0.238. The Morgan fingerprint density at radius 2 is 2.25 bits per heavy atom. The second-order valence-corrected chi connectivity index (χ2v) is 2.75. The van der Waals surface area contributed by atoms with Crippen molar-refractivity contribution in [3.05, 3.63) is 30.1 Å². The van der Waals surface area contributed by atoms with Gasteiger partial charge in [-0.3, -0.25) is 0 Å². The number of rotatable bonds is 1. The molecular formula is C7H5BrFNO2. The number of carbonyl (C=O) groups is 1. The van der Waals surface area contributed by atoms with Crippen LogP contribution in [0.15, 0.2) is 24.3 Å². The van der Waals surface area contributed by atoms with Gasteiger partial charge in [0.05, 0.1) is 21.8 Å². The van der Waals surface area contributed by atoms with Crippen LogP contribution in [0.5, 0.6) is 0 Å². The average molecular weight is 234 g/mol. The Kier molecular flexibility index (Phi) is 2.65. The summed E-state index contributed by atoms with van der Waals surface area (Å²) >= 11 is 2.75. The fourth-order valence-electron chi connectivity index (χ4n) is 0.709. The summed E-state index contributed by atoms with van der Waals surface area (Å²) in [4.78, 5) is 10.4. The maximum atomic E-state index is 12.6. The molecule has 64 valence electrons. The molecule has 3 nitrogen and oxygen atoms in total. The van der Waals surface area contributed by atoms with Gasteiger partial charge in [0.15, 0.2) is 0 Å². The standard InChI is InChI=1S/C7H5BrFNO2/c8-10(7(11)12)6-3-1-2-5(9)4-6/h1-4H,(H,11,12). The first kappa shape index (κ1) is 8.99. The molecule has 0 aliphatic carbocycles. The van der Waals surface area contributed by atoms with Gasteiger partial charge in [-0.25, -0.2) is 13.1 Å². The number of halogens is 2. The van der Waals surface area contributed by atoms with Crippen molar-refractivity contribution in [2.45, 2.75) is 0 Å². The molecule has 0 bridgehead atoms. The molecule has 0 radical (unpaired) electrons. The van der Waals surface area contributed by atoms with Crippen LogP contribution in [-0.2, 0) is 0 Å². The van der Waals surface area contributed by atoms with E-state index in [4.69, 9.17) is 5.11 Å². The summed E-state index contributed by atoms with van der Waals surface area (Å²) in [7, 11) is 0. The van der Waals surface area contributed by atoms with E-state index in [2.05, 4.69) is 16.1 Å². The minimum absolute atomic E-state index is 0.238. The van der Waals surface area contributed by atoms with Gasteiger partial charge in [-0.2, -0.15) is 0 Å². The zero-order chi connectivity index (χ0) is 9.14. The number of benzene rings is 1. The predicted molar refractivity (Wildman–Crippen MR) is 45.8 cm³/mol. The number of hydrogen-bond acceptors (Lipinski definition) is 1. The average Bonchev–Trinajstić information content (AvgIpc) is 2.03. The van der Waals surface area contributed by atoms with Crippen LogP contribution < -0.4 is 3.93 Å². The van der Waals surface area contributed by atoms with Crippen molar-refractivity contribution in [1.82, 2.24) is 0 Å². The molecular weight excluding hydrogens is 229 g/mol. The molecule has 0 fully saturated rings. The molecule has 0 aromatic heterocycles. The highest BCUT2D eigenvalue weighted by atomic mass is 79.9. The second kappa shape index (κ2) is 3.53. The normalized spacial score (nSPS) is 9.50. The largest absolute Gasteiger partial charge is 0.464 e. The summed E-state index contributed by atoms with van der Waals surface area (Å²) in [6.45, 7) is 0. The van der Waals surface area contributed by atoms with E-state index in [1.54, 1.807) is 0 Å². The van der Waals surface area contributed by atoms with Crippen LogP contribution in [0.2, 0.25) is 0 Å². The van der Waals surface area contributed by atoms with Gasteiger partial charge in [0.2, 0.25) is 0 Å². The molecule has 1 N–H and O–H groups in total. The van der Waals surface area contributed by atoms with Gasteiger partial charge in [-0.05, 0) is 18.2 Å². The molecule has 1 aromatic carbocycles. The Morgan fingerprint density at radius 3 is 2.75 bits per heavy atom. The third-order valence-electron chi connectivity index (χ3n) is 1.20. The van der Waals surface area contributed by atoms with Crippen molar-refractivity contribution in [2.24, 2.45) is 0 Å². The lowest BCUT2D eigenvalue weighted by atomic mass is 10.3. The van der Waals surface area contributed by atoms with Crippen LogP contribution in [0.3, 0.4) is 0 Å². The monoisotopic (exact) mass is 233 g/mol. The number of hydrogen-bond donors (Lipinski definition) is 1. The maximum Gasteiger partial charge on any atom is 0.422 e. The summed E-state index contributed by atoms with van der Waals surface area (Å²) in [5.74, 6) is -0.474. The van der Waals surface area contributed by atoms with Gasteiger partial charge in [0, 0.05) is 0 Å². The highest BCUT2D eigenvalue weighted by molar-refractivity contribution is 9.10. The van der Waals surface area contributed by atoms with Gasteiger partial charge >= 0.3 is 6.09 Å². The fourth-order valence-corrected chi connectivity index (χ4v) is 0.929. The van der Waals surface area contributed by atoms with Crippen LogP contribution in [0.1, 0.15) is 0 Å². The van der Waals surface area contributed by atoms with Crippen LogP contribution in [0, 0.1) is 5.82 Å². The first-order chi connectivity index (χ1) is 5.61. The predicted octanol–water partition coefficient (Wildman–Crippen LogP) is 2.62. The summed E-state index contributed by atoms with van der Waals surface area (Å²) in [5, 5.41) is 8.48. The van der Waals surface area contributed by atoms with Gasteiger partial charge in [-0.15, -0.1) is 0 Å². The van der Waals surface area contributed by atoms with Gasteiger partial charge in [0.1, 0.15) is 5.82 Å². The van der Waals surface area contributed by atoms with Crippen molar-refractivity contribution in [1.29, 1.82) is 0 Å². The van der Waals surface area contributed by atoms with Gasteiger partial charge in [-0.1, -0.05) is 6.07 Å². The first-order valence-electron chi connectivity index (χ1n) is 3.05. The Balaban J connectivity index is 2.95. The molecule has 0 unspecified atom stereocenters. The lowest BCUT2D eigenvalue weighted by molar-refractivity contribution is 0.207. The fraction of sp³-hybridized carbons (Fsp3) is 0. The Morgan fingerprint density at radius 1 is 1.58 bits per heavy atom. The van der Waals surface area contributed by atoms with E-state index in [0.29, 0.717) is 0 Å². The molecule has 0 aliphatic rings. The van der Waals surface area contributed by atoms with Crippen molar-refractivity contribution < 1.29 is 14.3 Å². The van der Waals surface area contributed by atoms with E-state index in [-0.39, 0.29) is 5.69 Å². The van der Waals surface area contributed by atoms with E-state index >= 15 is 0 Å². The molecule has 5 heteroatoms. The second-order valence-electron chi connectivity index (χ2n) is 2.04. The van der Waals surface area contributed by atoms with Crippen LogP contribution in [0.4, 0.5) is 14.9 Å². The number of anilines is 1. The lowest BCUT2D eigenvalue weighted by Gasteiger charge is -2.08. The molecule has 12 heavy (non-hydrogen) atoms. The summed E-state index contributed by atoms with van der Waals surface area (Å²) in [6.07, 6.45) is -1.19. The molecule has 1 rings (SSSR count). The van der Waals surface area contributed by atoms with Crippen molar-refractivity contribution in [2.75, 3.05) is 3.93 Å². The highest BCUT2D eigenvalue weighted by Crippen LogP contribution is 2.18. The van der Waals surface area contributed by atoms with E-state index in [0.717, 1.165) is 9.99 Å². The molecule has 0 aliphatic heterocycles. The Bertz CT molecular complexity index is 305. The topological polar surface area (TPSA) is 40.5 Å². The SMILES string of the molecule is O=C(O)N(Br)c1cccc(F)c1.